The summed E-state index contributed by atoms with van der Waals surface area (Å²) in [4.78, 5) is 10.00. The normalized spacial score (nSPS) is 20.5. The molecule has 1 heteroatoms. The van der Waals surface area contributed by atoms with Crippen LogP contribution in [0.15, 0.2) is 23.8 Å². The van der Waals surface area contributed by atoms with Crippen molar-refractivity contribution in [2.24, 2.45) is 0 Å². The van der Waals surface area contributed by atoms with Crippen LogP contribution < -0.4 is 0 Å². The molecule has 11 heavy (non-hydrogen) atoms. The smallest absolute Gasteiger partial charge is 0.120 e. The third-order valence-electron chi connectivity index (χ3n) is 1.86. The van der Waals surface area contributed by atoms with Crippen molar-refractivity contribution in [3.8, 4) is 0 Å². The number of aldehydes is 1. The summed E-state index contributed by atoms with van der Waals surface area (Å²) in [6.45, 7) is 0. The number of hydrogen-bond donors (Lipinski definition) is 0. The molecule has 0 amide bonds. The molecule has 0 aromatic heterocycles. The van der Waals surface area contributed by atoms with Crippen LogP contribution in [0.3, 0.4) is 0 Å². The van der Waals surface area contributed by atoms with Crippen molar-refractivity contribution in [2.75, 3.05) is 0 Å². The molecule has 0 aromatic carbocycles. The first-order valence-electron chi connectivity index (χ1n) is 4.22. The molecule has 0 saturated heterocycles. The van der Waals surface area contributed by atoms with Crippen LogP contribution >= 0.6 is 0 Å². The van der Waals surface area contributed by atoms with Gasteiger partial charge < -0.3 is 4.79 Å². The van der Waals surface area contributed by atoms with E-state index in [9.17, 15) is 4.79 Å². The molecule has 0 spiro atoms. The molecular weight excluding hydrogens is 136 g/mol. The number of rotatable bonds is 3. The van der Waals surface area contributed by atoms with Crippen LogP contribution in [0.2, 0.25) is 0 Å². The number of unbranched alkanes of at least 4 members (excludes halogenated alkanes) is 1. The fourth-order valence-electron chi connectivity index (χ4n) is 1.25. The zero-order chi connectivity index (χ0) is 7.94. The highest BCUT2D eigenvalue weighted by Gasteiger charge is 1.96. The first-order valence-corrected chi connectivity index (χ1v) is 4.22. The van der Waals surface area contributed by atoms with E-state index >= 15 is 0 Å². The van der Waals surface area contributed by atoms with Crippen molar-refractivity contribution in [3.63, 3.8) is 0 Å². The van der Waals surface area contributed by atoms with Gasteiger partial charge in [0.25, 0.3) is 0 Å². The second-order valence-electron chi connectivity index (χ2n) is 2.82. The van der Waals surface area contributed by atoms with E-state index in [1.165, 1.54) is 24.8 Å². The van der Waals surface area contributed by atoms with E-state index < -0.39 is 0 Å². The van der Waals surface area contributed by atoms with Gasteiger partial charge in [0.15, 0.2) is 0 Å². The van der Waals surface area contributed by atoms with Crippen molar-refractivity contribution >= 4 is 6.29 Å². The van der Waals surface area contributed by atoms with Gasteiger partial charge in [-0.3, -0.25) is 0 Å². The van der Waals surface area contributed by atoms with E-state index in [0.29, 0.717) is 6.42 Å². The van der Waals surface area contributed by atoms with Gasteiger partial charge in [-0.1, -0.05) is 23.8 Å². The summed E-state index contributed by atoms with van der Waals surface area (Å²) < 4.78 is 0. The molecule has 0 radical (unpaired) electrons. The van der Waals surface area contributed by atoms with Crippen LogP contribution in [0.25, 0.3) is 0 Å². The predicted molar refractivity (Wildman–Crippen MR) is 46.4 cm³/mol. The van der Waals surface area contributed by atoms with Crippen LogP contribution in [0.5, 0.6) is 0 Å². The number of allylic oxidation sites excluding steroid dienone is 4. The van der Waals surface area contributed by atoms with Gasteiger partial charge in [0.2, 0.25) is 0 Å². The van der Waals surface area contributed by atoms with Gasteiger partial charge in [0.1, 0.15) is 6.29 Å². The first-order chi connectivity index (χ1) is 5.43. The SMILES string of the molecule is O=CCCC=C1C=CCCC1. The fourth-order valence-corrected chi connectivity index (χ4v) is 1.25. The summed E-state index contributed by atoms with van der Waals surface area (Å²) in [5.74, 6) is 0. The van der Waals surface area contributed by atoms with Crippen LogP contribution in [-0.4, -0.2) is 6.29 Å². The van der Waals surface area contributed by atoms with Crippen molar-refractivity contribution in [1.82, 2.24) is 0 Å². The molecule has 1 nitrogen and oxygen atoms in total. The largest absolute Gasteiger partial charge is 0.303 e. The lowest BCUT2D eigenvalue weighted by Gasteiger charge is -2.05. The summed E-state index contributed by atoms with van der Waals surface area (Å²) in [5.41, 5.74) is 1.40. The molecule has 0 aromatic rings. The first kappa shape index (κ1) is 8.25. The van der Waals surface area contributed by atoms with Crippen LogP contribution in [0.4, 0.5) is 0 Å². The van der Waals surface area contributed by atoms with Crippen molar-refractivity contribution in [2.45, 2.75) is 32.1 Å². The van der Waals surface area contributed by atoms with Gasteiger partial charge in [-0.2, -0.15) is 0 Å². The quantitative estimate of drug-likeness (QED) is 0.446. The van der Waals surface area contributed by atoms with E-state index in [2.05, 4.69) is 18.2 Å². The maximum atomic E-state index is 10.00. The van der Waals surface area contributed by atoms with Crippen LogP contribution in [0.1, 0.15) is 32.1 Å². The lowest BCUT2D eigenvalue weighted by atomic mass is 10.0. The third-order valence-corrected chi connectivity index (χ3v) is 1.86. The zero-order valence-electron chi connectivity index (χ0n) is 6.75. The van der Waals surface area contributed by atoms with Gasteiger partial charge >= 0.3 is 0 Å². The van der Waals surface area contributed by atoms with E-state index in [1.807, 2.05) is 0 Å². The van der Waals surface area contributed by atoms with Crippen LogP contribution in [0, 0.1) is 0 Å². The molecule has 0 bridgehead atoms. The average molecular weight is 150 g/mol. The number of carbonyl (C=O) groups excluding carboxylic acids is 1. The molecule has 0 fully saturated rings. The summed E-state index contributed by atoms with van der Waals surface area (Å²) in [6.07, 6.45) is 12.8. The molecule has 0 atom stereocenters. The molecule has 1 aliphatic carbocycles. The minimum absolute atomic E-state index is 0.664. The minimum atomic E-state index is 0.664. The van der Waals surface area contributed by atoms with Gasteiger partial charge in [-0.05, 0) is 25.7 Å². The Morgan fingerprint density at radius 3 is 3.00 bits per heavy atom. The average Bonchev–Trinajstić information content (AvgIpc) is 2.07. The van der Waals surface area contributed by atoms with Gasteiger partial charge in [-0.15, -0.1) is 0 Å². The van der Waals surface area contributed by atoms with Gasteiger partial charge in [-0.25, -0.2) is 0 Å². The lowest BCUT2D eigenvalue weighted by molar-refractivity contribution is -0.107. The maximum Gasteiger partial charge on any atom is 0.120 e. The van der Waals surface area contributed by atoms with E-state index in [0.717, 1.165) is 12.7 Å². The van der Waals surface area contributed by atoms with Gasteiger partial charge in [0.05, 0.1) is 0 Å². The minimum Gasteiger partial charge on any atom is -0.303 e. The second kappa shape index (κ2) is 4.89. The van der Waals surface area contributed by atoms with Crippen molar-refractivity contribution in [3.05, 3.63) is 23.8 Å². The van der Waals surface area contributed by atoms with Crippen molar-refractivity contribution < 1.29 is 4.79 Å². The Hall–Kier alpha value is -0.850. The highest BCUT2D eigenvalue weighted by molar-refractivity contribution is 5.49. The monoisotopic (exact) mass is 150 g/mol. The zero-order valence-corrected chi connectivity index (χ0v) is 6.75. The Morgan fingerprint density at radius 2 is 2.36 bits per heavy atom. The molecule has 1 aliphatic rings. The molecule has 0 aliphatic heterocycles. The summed E-state index contributed by atoms with van der Waals surface area (Å²) in [6, 6.07) is 0. The Morgan fingerprint density at radius 1 is 1.45 bits per heavy atom. The van der Waals surface area contributed by atoms with E-state index in [1.54, 1.807) is 0 Å². The summed E-state index contributed by atoms with van der Waals surface area (Å²) in [5, 5.41) is 0. The molecule has 1 rings (SSSR count). The standard InChI is InChI=1S/C10H14O/c11-9-5-4-8-10-6-2-1-3-7-10/h2,6,8-9H,1,3-5,7H2. The Balaban J connectivity index is 2.32. The topological polar surface area (TPSA) is 17.1 Å². The van der Waals surface area contributed by atoms with Crippen molar-refractivity contribution in [1.29, 1.82) is 0 Å². The number of carbonyl (C=O) groups is 1. The fraction of sp³-hybridized carbons (Fsp3) is 0.500. The molecule has 0 heterocycles. The number of hydrogen-bond acceptors (Lipinski definition) is 1. The van der Waals surface area contributed by atoms with Crippen LogP contribution in [-0.2, 0) is 4.79 Å². The Labute approximate surface area is 67.8 Å². The summed E-state index contributed by atoms with van der Waals surface area (Å²) >= 11 is 0. The Kier molecular flexibility index (Phi) is 3.67. The molecule has 0 saturated carbocycles. The highest BCUT2D eigenvalue weighted by Crippen LogP contribution is 2.16. The Bertz CT molecular complexity index is 177. The maximum absolute atomic E-state index is 10.00. The molecular formula is C10H14O. The van der Waals surface area contributed by atoms with E-state index in [4.69, 9.17) is 0 Å². The van der Waals surface area contributed by atoms with Gasteiger partial charge in [0, 0.05) is 6.42 Å². The summed E-state index contributed by atoms with van der Waals surface area (Å²) in [7, 11) is 0. The second-order valence-corrected chi connectivity index (χ2v) is 2.82. The lowest BCUT2D eigenvalue weighted by Crippen LogP contribution is -1.86. The third kappa shape index (κ3) is 3.17. The van der Waals surface area contributed by atoms with E-state index in [-0.39, 0.29) is 0 Å². The predicted octanol–water partition coefficient (Wildman–Crippen LogP) is 2.63. The molecule has 0 unspecified atom stereocenters. The molecule has 60 valence electrons. The molecule has 0 N–H and O–H groups in total. The highest BCUT2D eigenvalue weighted by atomic mass is 16.1.